The van der Waals surface area contributed by atoms with E-state index in [-0.39, 0.29) is 17.0 Å². The Labute approximate surface area is 116 Å². The fraction of sp³-hybridized carbons (Fsp3) is 0.188. The summed E-state index contributed by atoms with van der Waals surface area (Å²) in [6.45, 7) is 0.593. The van der Waals surface area contributed by atoms with Gasteiger partial charge in [-0.05, 0) is 42.7 Å². The number of nitrogen functional groups attached to an aromatic ring is 1. The third-order valence-electron chi connectivity index (χ3n) is 3.44. The molecule has 1 aliphatic rings. The number of ketones is 1. The molecule has 0 fully saturated rings. The lowest BCUT2D eigenvalue weighted by molar-refractivity contribution is 0.103. The highest BCUT2D eigenvalue weighted by Gasteiger charge is 2.21. The van der Waals surface area contributed by atoms with Gasteiger partial charge in [-0.25, -0.2) is 4.39 Å². The van der Waals surface area contributed by atoms with Crippen LogP contribution in [0.15, 0.2) is 36.4 Å². The summed E-state index contributed by atoms with van der Waals surface area (Å²) in [6.07, 6.45) is 1.82. The summed E-state index contributed by atoms with van der Waals surface area (Å²) in [5, 5.41) is 0. The lowest BCUT2D eigenvalue weighted by Gasteiger charge is -2.20. The van der Waals surface area contributed by atoms with Gasteiger partial charge in [-0.1, -0.05) is 12.1 Å². The van der Waals surface area contributed by atoms with E-state index in [1.165, 1.54) is 18.2 Å². The van der Waals surface area contributed by atoms with Gasteiger partial charge in [0.05, 0.1) is 12.2 Å². The molecule has 0 atom stereocenters. The van der Waals surface area contributed by atoms with Crippen molar-refractivity contribution in [2.75, 3.05) is 12.3 Å². The first kappa shape index (κ1) is 12.7. The molecule has 20 heavy (non-hydrogen) atoms. The first-order valence-corrected chi connectivity index (χ1v) is 6.51. The standard InChI is InChI=1S/C16H14FNO2/c17-11-6-7-14(18)13(9-11)15(19)12-5-1-3-10-4-2-8-20-16(10)12/h1,3,5-7,9H,2,4,8,18H2. The van der Waals surface area contributed by atoms with Gasteiger partial charge >= 0.3 is 0 Å². The SMILES string of the molecule is Nc1ccc(F)cc1C(=O)c1cccc2c1OCCC2. The molecular weight excluding hydrogens is 257 g/mol. The fourth-order valence-corrected chi connectivity index (χ4v) is 2.44. The molecule has 0 amide bonds. The second-order valence-corrected chi connectivity index (χ2v) is 4.81. The van der Waals surface area contributed by atoms with E-state index in [1.54, 1.807) is 6.07 Å². The molecular formula is C16H14FNO2. The Kier molecular flexibility index (Phi) is 3.14. The van der Waals surface area contributed by atoms with Crippen LogP contribution in [-0.2, 0) is 6.42 Å². The molecule has 2 aromatic carbocycles. The molecule has 1 heterocycles. The zero-order valence-corrected chi connectivity index (χ0v) is 10.9. The minimum atomic E-state index is -0.478. The van der Waals surface area contributed by atoms with Gasteiger partial charge in [0.2, 0.25) is 0 Å². The van der Waals surface area contributed by atoms with Crippen LogP contribution in [0.25, 0.3) is 0 Å². The summed E-state index contributed by atoms with van der Waals surface area (Å²) in [6, 6.07) is 9.26. The van der Waals surface area contributed by atoms with Gasteiger partial charge in [0.15, 0.2) is 5.78 Å². The Morgan fingerprint density at radius 2 is 2.05 bits per heavy atom. The van der Waals surface area contributed by atoms with Crippen LogP contribution in [0.3, 0.4) is 0 Å². The monoisotopic (exact) mass is 271 g/mol. The van der Waals surface area contributed by atoms with Crippen molar-refractivity contribution < 1.29 is 13.9 Å². The summed E-state index contributed by atoms with van der Waals surface area (Å²) in [4.78, 5) is 12.6. The summed E-state index contributed by atoms with van der Waals surface area (Å²) in [7, 11) is 0. The van der Waals surface area contributed by atoms with E-state index in [2.05, 4.69) is 0 Å². The highest BCUT2D eigenvalue weighted by molar-refractivity contribution is 6.13. The second kappa shape index (κ2) is 4.96. The molecule has 1 aliphatic heterocycles. The predicted octanol–water partition coefficient (Wildman–Crippen LogP) is 2.96. The van der Waals surface area contributed by atoms with Crippen molar-refractivity contribution in [2.24, 2.45) is 0 Å². The van der Waals surface area contributed by atoms with Crippen LogP contribution in [0.4, 0.5) is 10.1 Å². The van der Waals surface area contributed by atoms with E-state index in [0.717, 1.165) is 18.4 Å². The molecule has 4 heteroatoms. The number of hydrogen-bond acceptors (Lipinski definition) is 3. The zero-order chi connectivity index (χ0) is 14.1. The summed E-state index contributed by atoms with van der Waals surface area (Å²) >= 11 is 0. The Morgan fingerprint density at radius 3 is 2.90 bits per heavy atom. The lowest BCUT2D eigenvalue weighted by Crippen LogP contribution is -2.14. The molecule has 0 radical (unpaired) electrons. The van der Waals surface area contributed by atoms with E-state index < -0.39 is 5.82 Å². The van der Waals surface area contributed by atoms with Crippen molar-refractivity contribution in [3.63, 3.8) is 0 Å². The van der Waals surface area contributed by atoms with Gasteiger partial charge in [0, 0.05) is 11.3 Å². The topological polar surface area (TPSA) is 52.3 Å². The third-order valence-corrected chi connectivity index (χ3v) is 3.44. The largest absolute Gasteiger partial charge is 0.493 e. The van der Waals surface area contributed by atoms with Gasteiger partial charge in [-0.2, -0.15) is 0 Å². The number of benzene rings is 2. The maximum absolute atomic E-state index is 13.3. The van der Waals surface area contributed by atoms with Crippen LogP contribution >= 0.6 is 0 Å². The van der Waals surface area contributed by atoms with E-state index in [0.29, 0.717) is 17.9 Å². The van der Waals surface area contributed by atoms with Gasteiger partial charge in [0.1, 0.15) is 11.6 Å². The number of ether oxygens (including phenoxy) is 1. The number of halogens is 1. The Balaban J connectivity index is 2.09. The third kappa shape index (κ3) is 2.13. The maximum atomic E-state index is 13.3. The van der Waals surface area contributed by atoms with E-state index in [4.69, 9.17) is 10.5 Å². The fourth-order valence-electron chi connectivity index (χ4n) is 2.44. The molecule has 3 rings (SSSR count). The molecule has 0 aromatic heterocycles. The minimum absolute atomic E-state index is 0.174. The summed E-state index contributed by atoms with van der Waals surface area (Å²) in [5.41, 5.74) is 7.67. The molecule has 3 nitrogen and oxygen atoms in total. The Bertz CT molecular complexity index is 682. The number of aryl methyl sites for hydroxylation is 1. The van der Waals surface area contributed by atoms with Crippen LogP contribution in [0, 0.1) is 5.82 Å². The zero-order valence-electron chi connectivity index (χ0n) is 10.9. The maximum Gasteiger partial charge on any atom is 0.198 e. The average Bonchev–Trinajstić information content (AvgIpc) is 2.48. The van der Waals surface area contributed by atoms with E-state index in [9.17, 15) is 9.18 Å². The molecule has 0 spiro atoms. The number of nitrogens with two attached hydrogens (primary N) is 1. The molecule has 2 aromatic rings. The number of fused-ring (bicyclic) bond motifs is 1. The minimum Gasteiger partial charge on any atom is -0.493 e. The quantitative estimate of drug-likeness (QED) is 0.675. The molecule has 0 saturated heterocycles. The van der Waals surface area contributed by atoms with Crippen molar-refractivity contribution in [3.05, 3.63) is 58.9 Å². The molecule has 0 saturated carbocycles. The highest BCUT2D eigenvalue weighted by atomic mass is 19.1. The number of hydrogen-bond donors (Lipinski definition) is 1. The highest BCUT2D eigenvalue weighted by Crippen LogP contribution is 2.31. The van der Waals surface area contributed by atoms with Crippen molar-refractivity contribution in [1.82, 2.24) is 0 Å². The predicted molar refractivity (Wildman–Crippen MR) is 74.5 cm³/mol. The number of para-hydroxylation sites is 1. The van der Waals surface area contributed by atoms with Crippen molar-refractivity contribution in [3.8, 4) is 5.75 Å². The number of carbonyl (C=O) groups is 1. The van der Waals surface area contributed by atoms with Crippen LogP contribution in [-0.4, -0.2) is 12.4 Å². The lowest BCUT2D eigenvalue weighted by atomic mass is 9.96. The van der Waals surface area contributed by atoms with Gasteiger partial charge in [-0.3, -0.25) is 4.79 Å². The Morgan fingerprint density at radius 1 is 1.20 bits per heavy atom. The smallest absolute Gasteiger partial charge is 0.198 e. The van der Waals surface area contributed by atoms with Crippen LogP contribution in [0.2, 0.25) is 0 Å². The summed E-state index contributed by atoms with van der Waals surface area (Å²) < 4.78 is 18.9. The van der Waals surface area contributed by atoms with Crippen LogP contribution < -0.4 is 10.5 Å². The normalized spacial score (nSPS) is 13.4. The van der Waals surface area contributed by atoms with Crippen molar-refractivity contribution >= 4 is 11.5 Å². The summed E-state index contributed by atoms with van der Waals surface area (Å²) in [5.74, 6) is -0.179. The molecule has 102 valence electrons. The van der Waals surface area contributed by atoms with Gasteiger partial charge in [0.25, 0.3) is 0 Å². The van der Waals surface area contributed by atoms with Crippen LogP contribution in [0.5, 0.6) is 5.75 Å². The first-order chi connectivity index (χ1) is 9.66. The van der Waals surface area contributed by atoms with E-state index in [1.807, 2.05) is 12.1 Å². The molecule has 2 N–H and O–H groups in total. The molecule has 0 unspecified atom stereocenters. The number of anilines is 1. The van der Waals surface area contributed by atoms with Crippen molar-refractivity contribution in [2.45, 2.75) is 12.8 Å². The Hall–Kier alpha value is -2.36. The first-order valence-electron chi connectivity index (χ1n) is 6.51. The van der Waals surface area contributed by atoms with Gasteiger partial charge in [-0.15, -0.1) is 0 Å². The number of carbonyl (C=O) groups excluding carboxylic acids is 1. The van der Waals surface area contributed by atoms with Crippen LogP contribution in [0.1, 0.15) is 27.9 Å². The van der Waals surface area contributed by atoms with Gasteiger partial charge < -0.3 is 10.5 Å². The molecule has 0 bridgehead atoms. The number of rotatable bonds is 2. The van der Waals surface area contributed by atoms with E-state index >= 15 is 0 Å². The second-order valence-electron chi connectivity index (χ2n) is 4.81. The molecule has 0 aliphatic carbocycles. The van der Waals surface area contributed by atoms with Crippen molar-refractivity contribution in [1.29, 1.82) is 0 Å². The average molecular weight is 271 g/mol.